The molecule has 15 heavy (non-hydrogen) atoms. The second-order valence-corrected chi connectivity index (χ2v) is 6.60. The molecule has 0 saturated heterocycles. The number of hydrogen-bond donors (Lipinski definition) is 1. The first-order valence-corrected chi connectivity index (χ1v) is 7.03. The van der Waals surface area contributed by atoms with Crippen molar-refractivity contribution in [2.75, 3.05) is 0 Å². The van der Waals surface area contributed by atoms with Gasteiger partial charge >= 0.3 is 0 Å². The fourth-order valence-corrected chi connectivity index (χ4v) is 4.84. The maximum absolute atomic E-state index is 11.7. The molecule has 1 N–H and O–H groups in total. The van der Waals surface area contributed by atoms with Crippen LogP contribution in [-0.4, -0.2) is 17.7 Å². The van der Waals surface area contributed by atoms with Crippen LogP contribution in [0.25, 0.3) is 0 Å². The Hall–Kier alpha value is -0.0900. The Bertz CT molecular complexity index is 283. The van der Waals surface area contributed by atoms with Crippen molar-refractivity contribution in [1.29, 1.82) is 0 Å². The van der Waals surface area contributed by atoms with E-state index in [2.05, 4.69) is 0 Å². The molecule has 0 spiro atoms. The molecule has 0 amide bonds. The first-order chi connectivity index (χ1) is 6.62. The van der Waals surface area contributed by atoms with Crippen molar-refractivity contribution < 1.29 is 13.0 Å². The first kappa shape index (κ1) is 14.9. The maximum atomic E-state index is 11.7. The summed E-state index contributed by atoms with van der Waals surface area (Å²) in [5.41, 5.74) is 0. The fraction of sp³-hybridized carbons (Fsp3) is 1.00. The van der Waals surface area contributed by atoms with E-state index in [1.807, 2.05) is 41.5 Å². The Morgan fingerprint density at radius 3 is 1.47 bits per heavy atom. The summed E-state index contributed by atoms with van der Waals surface area (Å²) in [6.45, 7) is 11.3. The molecular weight excluding hydrogens is 212 g/mol. The standard InChI is InChI=1S/C11H24O3S/c1-7-10(6)11(8(2)3,9(4)5)15(12,13)14/h8-10H,7H2,1-6H3,(H,12,13,14). The summed E-state index contributed by atoms with van der Waals surface area (Å²) >= 11 is 0. The molecule has 0 heterocycles. The lowest BCUT2D eigenvalue weighted by atomic mass is 9.74. The van der Waals surface area contributed by atoms with Crippen molar-refractivity contribution in [2.45, 2.75) is 52.7 Å². The van der Waals surface area contributed by atoms with E-state index in [0.29, 0.717) is 0 Å². The molecule has 0 saturated carbocycles. The van der Waals surface area contributed by atoms with Crippen molar-refractivity contribution in [2.24, 2.45) is 17.8 Å². The molecule has 0 radical (unpaired) electrons. The highest BCUT2D eigenvalue weighted by Crippen LogP contribution is 2.42. The third-order valence-electron chi connectivity index (χ3n) is 3.63. The van der Waals surface area contributed by atoms with E-state index in [9.17, 15) is 13.0 Å². The van der Waals surface area contributed by atoms with Gasteiger partial charge in [-0.3, -0.25) is 4.55 Å². The Morgan fingerprint density at radius 2 is 1.40 bits per heavy atom. The van der Waals surface area contributed by atoms with Gasteiger partial charge in [-0.25, -0.2) is 0 Å². The Labute approximate surface area is 94.0 Å². The van der Waals surface area contributed by atoms with E-state index in [1.54, 1.807) is 0 Å². The minimum absolute atomic E-state index is 0.0486. The number of hydrogen-bond acceptors (Lipinski definition) is 2. The lowest BCUT2D eigenvalue weighted by Gasteiger charge is -2.42. The third-order valence-corrected chi connectivity index (χ3v) is 5.87. The van der Waals surface area contributed by atoms with Gasteiger partial charge in [0.05, 0.1) is 0 Å². The van der Waals surface area contributed by atoms with Gasteiger partial charge in [-0.05, 0) is 17.8 Å². The molecule has 0 fully saturated rings. The second kappa shape index (κ2) is 4.83. The van der Waals surface area contributed by atoms with Crippen molar-refractivity contribution in [1.82, 2.24) is 0 Å². The van der Waals surface area contributed by atoms with Crippen LogP contribution in [0.15, 0.2) is 0 Å². The normalized spacial score (nSPS) is 16.1. The molecule has 0 aromatic carbocycles. The van der Waals surface area contributed by atoms with Crippen LogP contribution in [0.1, 0.15) is 48.0 Å². The van der Waals surface area contributed by atoms with E-state index in [4.69, 9.17) is 0 Å². The second-order valence-electron chi connectivity index (χ2n) is 4.95. The molecular formula is C11H24O3S. The van der Waals surface area contributed by atoms with E-state index in [1.165, 1.54) is 0 Å². The van der Waals surface area contributed by atoms with Gasteiger partial charge in [0, 0.05) is 0 Å². The molecule has 0 rings (SSSR count). The van der Waals surface area contributed by atoms with Crippen molar-refractivity contribution in [3.05, 3.63) is 0 Å². The highest BCUT2D eigenvalue weighted by molar-refractivity contribution is 7.87. The van der Waals surface area contributed by atoms with E-state index < -0.39 is 14.9 Å². The van der Waals surface area contributed by atoms with Gasteiger partial charge in [0.2, 0.25) is 0 Å². The summed E-state index contributed by atoms with van der Waals surface area (Å²) in [6.07, 6.45) is 0.746. The van der Waals surface area contributed by atoms with Crippen LogP contribution in [-0.2, 0) is 10.1 Å². The van der Waals surface area contributed by atoms with Crippen LogP contribution in [0.4, 0.5) is 0 Å². The zero-order valence-electron chi connectivity index (χ0n) is 10.6. The van der Waals surface area contributed by atoms with E-state index in [-0.39, 0.29) is 17.8 Å². The zero-order chi connectivity index (χ0) is 12.4. The first-order valence-electron chi connectivity index (χ1n) is 5.59. The zero-order valence-corrected chi connectivity index (χ0v) is 11.4. The minimum atomic E-state index is -4.04. The molecule has 0 aliphatic rings. The largest absolute Gasteiger partial charge is 0.285 e. The summed E-state index contributed by atoms with van der Waals surface area (Å²) in [5.74, 6) is -0.239. The summed E-state index contributed by atoms with van der Waals surface area (Å²) < 4.78 is 31.9. The molecule has 1 atom stereocenters. The lowest BCUT2D eigenvalue weighted by molar-refractivity contribution is 0.205. The van der Waals surface area contributed by atoms with E-state index >= 15 is 0 Å². The van der Waals surface area contributed by atoms with Crippen molar-refractivity contribution >= 4 is 10.1 Å². The van der Waals surface area contributed by atoms with Gasteiger partial charge in [-0.15, -0.1) is 0 Å². The number of rotatable bonds is 5. The SMILES string of the molecule is CCC(C)C(C(C)C)(C(C)C)S(=O)(=O)O. The Kier molecular flexibility index (Phi) is 4.80. The Morgan fingerprint density at radius 1 is 1.07 bits per heavy atom. The summed E-state index contributed by atoms with van der Waals surface area (Å²) in [4.78, 5) is 0. The van der Waals surface area contributed by atoms with E-state index in [0.717, 1.165) is 6.42 Å². The summed E-state index contributed by atoms with van der Waals surface area (Å²) in [6, 6.07) is 0. The average Bonchev–Trinajstić information content (AvgIpc) is 2.00. The average molecular weight is 236 g/mol. The van der Waals surface area contributed by atoms with Crippen LogP contribution < -0.4 is 0 Å². The summed E-state index contributed by atoms with van der Waals surface area (Å²) in [7, 11) is -4.04. The molecule has 3 nitrogen and oxygen atoms in total. The Balaban J connectivity index is 5.72. The topological polar surface area (TPSA) is 54.4 Å². The lowest BCUT2D eigenvalue weighted by Crippen LogP contribution is -2.53. The van der Waals surface area contributed by atoms with Crippen molar-refractivity contribution in [3.8, 4) is 0 Å². The molecule has 0 aliphatic heterocycles. The van der Waals surface area contributed by atoms with Gasteiger partial charge in [-0.1, -0.05) is 48.0 Å². The quantitative estimate of drug-likeness (QED) is 0.747. The van der Waals surface area contributed by atoms with Gasteiger partial charge in [0.1, 0.15) is 4.75 Å². The van der Waals surface area contributed by atoms with Crippen LogP contribution in [0.2, 0.25) is 0 Å². The van der Waals surface area contributed by atoms with Crippen LogP contribution in [0.3, 0.4) is 0 Å². The molecule has 0 aliphatic carbocycles. The molecule has 0 bridgehead atoms. The summed E-state index contributed by atoms with van der Waals surface area (Å²) in [5, 5.41) is 0. The van der Waals surface area contributed by atoms with Gasteiger partial charge in [-0.2, -0.15) is 8.42 Å². The molecule has 0 aromatic rings. The highest BCUT2D eigenvalue weighted by Gasteiger charge is 2.51. The van der Waals surface area contributed by atoms with Gasteiger partial charge < -0.3 is 0 Å². The van der Waals surface area contributed by atoms with Crippen molar-refractivity contribution in [3.63, 3.8) is 0 Å². The van der Waals surface area contributed by atoms with Crippen LogP contribution in [0.5, 0.6) is 0 Å². The smallest absolute Gasteiger partial charge is 0.271 e. The van der Waals surface area contributed by atoms with Gasteiger partial charge in [0.15, 0.2) is 0 Å². The predicted molar refractivity (Wildman–Crippen MR) is 63.4 cm³/mol. The molecule has 92 valence electrons. The fourth-order valence-electron chi connectivity index (χ4n) is 2.97. The highest BCUT2D eigenvalue weighted by atomic mass is 32.2. The maximum Gasteiger partial charge on any atom is 0.271 e. The minimum Gasteiger partial charge on any atom is -0.285 e. The molecule has 4 heteroatoms. The van der Waals surface area contributed by atoms with Gasteiger partial charge in [0.25, 0.3) is 10.1 Å². The molecule has 1 unspecified atom stereocenters. The predicted octanol–water partition coefficient (Wildman–Crippen LogP) is 2.97. The molecule has 0 aromatic heterocycles. The monoisotopic (exact) mass is 236 g/mol. The van der Waals surface area contributed by atoms with Crippen LogP contribution in [0, 0.1) is 17.8 Å². The van der Waals surface area contributed by atoms with Crippen LogP contribution >= 0.6 is 0 Å². The third kappa shape index (κ3) is 2.36.